The van der Waals surface area contributed by atoms with Crippen molar-refractivity contribution in [3.63, 3.8) is 0 Å². The summed E-state index contributed by atoms with van der Waals surface area (Å²) < 4.78 is 43.2. The molecule has 0 fully saturated rings. The average Bonchev–Trinajstić information content (AvgIpc) is 2.36. The number of hydrogen-bond donors (Lipinski definition) is 0. The molecule has 0 radical (unpaired) electrons. The van der Waals surface area contributed by atoms with Gasteiger partial charge in [-0.05, 0) is 12.1 Å². The van der Waals surface area contributed by atoms with Gasteiger partial charge in [0, 0.05) is 11.5 Å². The molecular weight excluding hydrogens is 242 g/mol. The molecule has 0 aliphatic rings. The number of hydrogen-bond acceptors (Lipinski definition) is 3. The second-order valence-electron chi connectivity index (χ2n) is 4.19. The van der Waals surface area contributed by atoms with Gasteiger partial charge in [0.25, 0.3) is 5.92 Å². The van der Waals surface area contributed by atoms with Crippen LogP contribution in [0.1, 0.15) is 19.4 Å². The molecule has 1 rings (SSSR count). The highest BCUT2D eigenvalue weighted by molar-refractivity contribution is 5.54. The average molecular weight is 260 g/mol. The molecule has 0 N–H and O–H groups in total. The van der Waals surface area contributed by atoms with Crippen LogP contribution in [0.2, 0.25) is 0 Å². The zero-order chi connectivity index (χ0) is 13.9. The number of rotatable bonds is 5. The Balaban J connectivity index is 3.40. The third-order valence-corrected chi connectivity index (χ3v) is 2.77. The van der Waals surface area contributed by atoms with Crippen LogP contribution in [0.5, 0.6) is 17.2 Å². The van der Waals surface area contributed by atoms with Crippen molar-refractivity contribution in [3.8, 4) is 17.2 Å². The van der Waals surface area contributed by atoms with Gasteiger partial charge in [0.2, 0.25) is 5.75 Å². The predicted molar refractivity (Wildman–Crippen MR) is 64.8 cm³/mol. The van der Waals surface area contributed by atoms with E-state index in [-0.39, 0.29) is 17.1 Å². The Morgan fingerprint density at radius 3 is 1.67 bits per heavy atom. The molecule has 18 heavy (non-hydrogen) atoms. The second kappa shape index (κ2) is 5.42. The number of ether oxygens (including phenoxy) is 3. The van der Waals surface area contributed by atoms with Crippen molar-refractivity contribution in [3.05, 3.63) is 17.7 Å². The zero-order valence-electron chi connectivity index (χ0n) is 11.2. The molecular formula is C13H18F2O3. The molecule has 0 aliphatic carbocycles. The smallest absolute Gasteiger partial charge is 0.275 e. The van der Waals surface area contributed by atoms with Crippen molar-refractivity contribution >= 4 is 0 Å². The molecule has 102 valence electrons. The van der Waals surface area contributed by atoms with Crippen molar-refractivity contribution in [1.82, 2.24) is 0 Å². The number of halogens is 2. The molecule has 0 saturated heterocycles. The maximum absolute atomic E-state index is 14.0. The minimum absolute atomic E-state index is 0.146. The largest absolute Gasteiger partial charge is 0.493 e. The van der Waals surface area contributed by atoms with Crippen LogP contribution in [-0.2, 0) is 5.92 Å². The van der Waals surface area contributed by atoms with Crippen LogP contribution in [0.3, 0.4) is 0 Å². The number of benzene rings is 1. The van der Waals surface area contributed by atoms with Gasteiger partial charge in [-0.15, -0.1) is 0 Å². The third kappa shape index (κ3) is 2.49. The molecule has 0 unspecified atom stereocenters. The standard InChI is InChI=1S/C13H18F2O3/c1-8(2)13(14,15)9-6-10(16-3)12(18-5)11(7-9)17-4/h6-8H,1-5H3. The van der Waals surface area contributed by atoms with Crippen molar-refractivity contribution in [2.45, 2.75) is 19.8 Å². The maximum Gasteiger partial charge on any atom is 0.275 e. The van der Waals surface area contributed by atoms with E-state index in [0.717, 1.165) is 0 Å². The minimum Gasteiger partial charge on any atom is -0.493 e. The summed E-state index contributed by atoms with van der Waals surface area (Å²) in [6, 6.07) is 2.56. The lowest BCUT2D eigenvalue weighted by Gasteiger charge is -2.23. The minimum atomic E-state index is -2.95. The van der Waals surface area contributed by atoms with E-state index in [2.05, 4.69) is 0 Å². The van der Waals surface area contributed by atoms with Crippen molar-refractivity contribution in [2.75, 3.05) is 21.3 Å². The van der Waals surface area contributed by atoms with Crippen LogP contribution < -0.4 is 14.2 Å². The molecule has 3 nitrogen and oxygen atoms in total. The summed E-state index contributed by atoms with van der Waals surface area (Å²) in [5, 5.41) is 0. The molecule has 0 heterocycles. The summed E-state index contributed by atoms with van der Waals surface area (Å²) in [6.45, 7) is 2.92. The first-order chi connectivity index (χ1) is 8.38. The van der Waals surface area contributed by atoms with Gasteiger partial charge in [-0.2, -0.15) is 0 Å². The predicted octanol–water partition coefficient (Wildman–Crippen LogP) is 3.46. The van der Waals surface area contributed by atoms with Gasteiger partial charge >= 0.3 is 0 Å². The van der Waals surface area contributed by atoms with Crippen molar-refractivity contribution < 1.29 is 23.0 Å². The first-order valence-corrected chi connectivity index (χ1v) is 5.56. The highest BCUT2D eigenvalue weighted by atomic mass is 19.3. The summed E-state index contributed by atoms with van der Waals surface area (Å²) in [7, 11) is 4.23. The topological polar surface area (TPSA) is 27.7 Å². The maximum atomic E-state index is 14.0. The summed E-state index contributed by atoms with van der Waals surface area (Å²) >= 11 is 0. The fourth-order valence-corrected chi connectivity index (χ4v) is 1.61. The fraction of sp³-hybridized carbons (Fsp3) is 0.538. The van der Waals surface area contributed by atoms with Crippen LogP contribution in [-0.4, -0.2) is 21.3 Å². The summed E-state index contributed by atoms with van der Waals surface area (Å²) in [4.78, 5) is 0. The molecule has 1 aromatic rings. The summed E-state index contributed by atoms with van der Waals surface area (Å²) in [5.41, 5.74) is -0.146. The van der Waals surface area contributed by atoms with E-state index >= 15 is 0 Å². The monoisotopic (exact) mass is 260 g/mol. The van der Waals surface area contributed by atoms with Gasteiger partial charge in [0.15, 0.2) is 11.5 Å². The van der Waals surface area contributed by atoms with Crippen LogP contribution in [0.4, 0.5) is 8.78 Å². The van der Waals surface area contributed by atoms with Crippen LogP contribution in [0.15, 0.2) is 12.1 Å². The Morgan fingerprint density at radius 1 is 0.944 bits per heavy atom. The molecule has 0 saturated carbocycles. The highest BCUT2D eigenvalue weighted by Crippen LogP contribution is 2.44. The Hall–Kier alpha value is -1.52. The molecule has 0 atom stereocenters. The van der Waals surface area contributed by atoms with E-state index in [1.165, 1.54) is 47.3 Å². The lowest BCUT2D eigenvalue weighted by atomic mass is 9.97. The first-order valence-electron chi connectivity index (χ1n) is 5.56. The lowest BCUT2D eigenvalue weighted by Crippen LogP contribution is -2.21. The normalized spacial score (nSPS) is 11.6. The quantitative estimate of drug-likeness (QED) is 0.811. The molecule has 0 amide bonds. The van der Waals surface area contributed by atoms with E-state index in [0.29, 0.717) is 5.75 Å². The van der Waals surface area contributed by atoms with Crippen LogP contribution >= 0.6 is 0 Å². The summed E-state index contributed by atoms with van der Waals surface area (Å²) in [6.07, 6.45) is 0. The fourth-order valence-electron chi connectivity index (χ4n) is 1.61. The first kappa shape index (κ1) is 14.5. The lowest BCUT2D eigenvalue weighted by molar-refractivity contribution is -0.0517. The Kier molecular flexibility index (Phi) is 4.38. The highest BCUT2D eigenvalue weighted by Gasteiger charge is 2.37. The van der Waals surface area contributed by atoms with Gasteiger partial charge < -0.3 is 14.2 Å². The molecule has 0 spiro atoms. The number of methoxy groups -OCH3 is 3. The second-order valence-corrected chi connectivity index (χ2v) is 4.19. The van der Waals surface area contributed by atoms with Crippen LogP contribution in [0.25, 0.3) is 0 Å². The van der Waals surface area contributed by atoms with Gasteiger partial charge in [-0.1, -0.05) is 13.8 Å². The Morgan fingerprint density at radius 2 is 1.39 bits per heavy atom. The van der Waals surface area contributed by atoms with Crippen LogP contribution in [0, 0.1) is 5.92 Å². The Labute approximate surface area is 106 Å². The molecule has 1 aromatic carbocycles. The molecule has 5 heteroatoms. The summed E-state index contributed by atoms with van der Waals surface area (Å²) in [5.74, 6) is -3.00. The zero-order valence-corrected chi connectivity index (χ0v) is 11.2. The van der Waals surface area contributed by atoms with E-state index < -0.39 is 11.8 Å². The number of alkyl halides is 2. The molecule has 0 aromatic heterocycles. The van der Waals surface area contributed by atoms with Crippen molar-refractivity contribution in [2.24, 2.45) is 5.92 Å². The molecule has 0 bridgehead atoms. The van der Waals surface area contributed by atoms with Crippen molar-refractivity contribution in [1.29, 1.82) is 0 Å². The van der Waals surface area contributed by atoms with Gasteiger partial charge in [0.1, 0.15) is 0 Å². The van der Waals surface area contributed by atoms with Gasteiger partial charge in [0.05, 0.1) is 21.3 Å². The van der Waals surface area contributed by atoms with E-state index in [4.69, 9.17) is 14.2 Å². The third-order valence-electron chi connectivity index (χ3n) is 2.77. The molecule has 0 aliphatic heterocycles. The van der Waals surface area contributed by atoms with Gasteiger partial charge in [-0.3, -0.25) is 0 Å². The Bertz CT molecular complexity index is 392. The van der Waals surface area contributed by atoms with E-state index in [1.54, 1.807) is 0 Å². The van der Waals surface area contributed by atoms with Gasteiger partial charge in [-0.25, -0.2) is 8.78 Å². The van der Waals surface area contributed by atoms with E-state index in [1.807, 2.05) is 0 Å². The SMILES string of the molecule is COc1cc(C(F)(F)C(C)C)cc(OC)c1OC. The van der Waals surface area contributed by atoms with E-state index in [9.17, 15) is 8.78 Å².